The molecule has 8 heteroatoms. The second-order valence-electron chi connectivity index (χ2n) is 15.1. The lowest BCUT2D eigenvalue weighted by molar-refractivity contribution is -0.136. The van der Waals surface area contributed by atoms with Gasteiger partial charge in [-0.1, -0.05) is 114 Å². The number of hydrogen-bond donors (Lipinski definition) is 1. The second-order valence-corrected chi connectivity index (χ2v) is 21.2. The number of hydrogen-bond acceptors (Lipinski definition) is 5. The SMILES string of the molecule is C[C@H](C(=O)N1[C@H]2C[C@@H]3CC[C@@]2(CS1(=O)=O)C3(C)C)[C@H](O)CC/C=C\[C@H](C)O[Si](c1ccccc1)(c1ccccc1)C(C)(C)C. The van der Waals surface area contributed by atoms with Crippen LogP contribution in [0.4, 0.5) is 0 Å². The average Bonchev–Trinajstić information content (AvgIpc) is 3.46. The summed E-state index contributed by atoms with van der Waals surface area (Å²) in [4.78, 5) is 13.6. The van der Waals surface area contributed by atoms with Gasteiger partial charge in [0.2, 0.25) is 15.9 Å². The van der Waals surface area contributed by atoms with Crippen LogP contribution in [0.25, 0.3) is 0 Å². The maximum absolute atomic E-state index is 13.6. The Morgan fingerprint density at radius 1 is 1.07 bits per heavy atom. The molecule has 1 saturated heterocycles. The largest absolute Gasteiger partial charge is 0.401 e. The summed E-state index contributed by atoms with van der Waals surface area (Å²) in [5, 5.41) is 13.4. The molecule has 1 spiro atoms. The van der Waals surface area contributed by atoms with Gasteiger partial charge in [0.25, 0.3) is 8.32 Å². The molecule has 44 heavy (non-hydrogen) atoms. The van der Waals surface area contributed by atoms with E-state index in [1.807, 2.05) is 24.3 Å². The normalized spacial score (nSPS) is 27.8. The molecule has 1 aliphatic heterocycles. The van der Waals surface area contributed by atoms with E-state index in [2.05, 4.69) is 90.1 Å². The van der Waals surface area contributed by atoms with E-state index < -0.39 is 36.3 Å². The first kappa shape index (κ1) is 33.1. The number of nitrogens with zero attached hydrogens (tertiary/aromatic N) is 1. The van der Waals surface area contributed by atoms with Crippen molar-refractivity contribution >= 4 is 34.6 Å². The quantitative estimate of drug-likeness (QED) is 0.269. The van der Waals surface area contributed by atoms with Gasteiger partial charge in [0.05, 0.1) is 29.9 Å². The zero-order valence-electron chi connectivity index (χ0n) is 27.5. The summed E-state index contributed by atoms with van der Waals surface area (Å²) < 4.78 is 35.0. The summed E-state index contributed by atoms with van der Waals surface area (Å²) in [5.74, 6) is -0.748. The number of sulfonamides is 1. The summed E-state index contributed by atoms with van der Waals surface area (Å²) >= 11 is 0. The van der Waals surface area contributed by atoms with Gasteiger partial charge in [-0.15, -0.1) is 0 Å². The Kier molecular flexibility index (Phi) is 8.90. The topological polar surface area (TPSA) is 83.9 Å². The fourth-order valence-electron chi connectivity index (χ4n) is 8.76. The predicted molar refractivity (Wildman–Crippen MR) is 180 cm³/mol. The molecule has 3 fully saturated rings. The van der Waals surface area contributed by atoms with E-state index >= 15 is 0 Å². The lowest BCUT2D eigenvalue weighted by atomic mass is 9.69. The van der Waals surface area contributed by atoms with E-state index in [-0.39, 0.29) is 33.8 Å². The lowest BCUT2D eigenvalue weighted by Gasteiger charge is -2.44. The Balaban J connectivity index is 1.25. The molecule has 1 amide bonds. The molecule has 3 aliphatic rings. The molecule has 5 rings (SSSR count). The molecule has 2 aromatic rings. The van der Waals surface area contributed by atoms with Crippen molar-refractivity contribution in [2.24, 2.45) is 22.7 Å². The maximum Gasteiger partial charge on any atom is 0.261 e. The van der Waals surface area contributed by atoms with E-state index in [4.69, 9.17) is 4.43 Å². The molecule has 6 nitrogen and oxygen atoms in total. The molecule has 0 unspecified atom stereocenters. The summed E-state index contributed by atoms with van der Waals surface area (Å²) in [6, 6.07) is 20.8. The van der Waals surface area contributed by atoms with Gasteiger partial charge < -0.3 is 9.53 Å². The highest BCUT2D eigenvalue weighted by Gasteiger charge is 2.72. The van der Waals surface area contributed by atoms with Crippen LogP contribution in [0.5, 0.6) is 0 Å². The molecule has 0 radical (unpaired) electrons. The Morgan fingerprint density at radius 3 is 2.16 bits per heavy atom. The first-order valence-electron chi connectivity index (χ1n) is 16.3. The van der Waals surface area contributed by atoms with E-state index in [1.54, 1.807) is 6.92 Å². The van der Waals surface area contributed by atoms with Crippen LogP contribution in [0.3, 0.4) is 0 Å². The summed E-state index contributed by atoms with van der Waals surface area (Å²) in [5.41, 5.74) is -0.458. The van der Waals surface area contributed by atoms with Crippen LogP contribution in [0.2, 0.25) is 5.04 Å². The minimum atomic E-state index is -3.70. The van der Waals surface area contributed by atoms with Gasteiger partial charge in [-0.25, -0.2) is 12.7 Å². The van der Waals surface area contributed by atoms with E-state index in [9.17, 15) is 18.3 Å². The number of rotatable bonds is 10. The Labute approximate surface area is 266 Å². The standard InChI is InChI=1S/C36H51NO5SSi/c1-26(42-44(34(3,4)5,29-17-10-8-11-18-29)30-19-12-9-13-20-30)16-14-15-21-31(38)27(2)33(39)37-32-24-28-22-23-36(32,35(28,6)7)25-43(37,40)41/h8-14,16-20,26-28,31-32,38H,15,21-25H2,1-7H3/b16-14-/t26-,27-,28-,31+,32-,36-/m0/s1. The Morgan fingerprint density at radius 2 is 1.64 bits per heavy atom. The number of amides is 1. The van der Waals surface area contributed by atoms with Crippen LogP contribution in [-0.2, 0) is 19.2 Å². The van der Waals surface area contributed by atoms with Crippen molar-refractivity contribution in [3.05, 3.63) is 72.8 Å². The monoisotopic (exact) mass is 637 g/mol. The van der Waals surface area contributed by atoms with Crippen LogP contribution in [-0.4, -0.2) is 56.1 Å². The number of aliphatic hydroxyl groups is 1. The fourth-order valence-corrected chi connectivity index (χ4v) is 16.0. The van der Waals surface area contributed by atoms with Crippen molar-refractivity contribution in [3.63, 3.8) is 0 Å². The van der Waals surface area contributed by atoms with Crippen LogP contribution in [0.15, 0.2) is 72.8 Å². The van der Waals surface area contributed by atoms with Crippen LogP contribution >= 0.6 is 0 Å². The van der Waals surface area contributed by atoms with Gasteiger partial charge in [-0.3, -0.25) is 4.79 Å². The van der Waals surface area contributed by atoms with E-state index in [1.165, 1.54) is 14.7 Å². The first-order chi connectivity index (χ1) is 20.6. The Hall–Kier alpha value is -2.26. The van der Waals surface area contributed by atoms with E-state index in [0.717, 1.165) is 19.3 Å². The number of carbonyl (C=O) groups is 1. The third kappa shape index (κ3) is 5.33. The number of carbonyl (C=O) groups excluding carboxylic acids is 1. The van der Waals surface area contributed by atoms with Gasteiger partial charge in [-0.2, -0.15) is 0 Å². The molecule has 2 saturated carbocycles. The maximum atomic E-state index is 13.6. The van der Waals surface area contributed by atoms with Crippen molar-refractivity contribution in [3.8, 4) is 0 Å². The molecular weight excluding hydrogens is 587 g/mol. The molecule has 6 atom stereocenters. The highest BCUT2D eigenvalue weighted by molar-refractivity contribution is 7.90. The molecule has 2 aromatic carbocycles. The fraction of sp³-hybridized carbons (Fsp3) is 0.583. The average molecular weight is 638 g/mol. The number of allylic oxidation sites excluding steroid dienone is 1. The minimum Gasteiger partial charge on any atom is -0.401 e. The zero-order valence-corrected chi connectivity index (χ0v) is 29.3. The number of fused-ring (bicyclic) bond motifs is 1. The van der Waals surface area contributed by atoms with Gasteiger partial charge in [0.1, 0.15) is 0 Å². The van der Waals surface area contributed by atoms with E-state index in [0.29, 0.717) is 18.8 Å². The highest BCUT2D eigenvalue weighted by Crippen LogP contribution is 2.70. The van der Waals surface area contributed by atoms with Crippen molar-refractivity contribution in [1.29, 1.82) is 0 Å². The van der Waals surface area contributed by atoms with Crippen LogP contribution in [0, 0.1) is 22.7 Å². The smallest absolute Gasteiger partial charge is 0.261 e. The minimum absolute atomic E-state index is 0.0503. The number of aliphatic hydroxyl groups excluding tert-OH is 1. The highest BCUT2D eigenvalue weighted by atomic mass is 32.2. The molecular formula is C36H51NO5SSi. The Bertz CT molecular complexity index is 1430. The molecule has 2 aliphatic carbocycles. The lowest BCUT2D eigenvalue weighted by Crippen LogP contribution is -2.67. The van der Waals surface area contributed by atoms with Crippen LogP contribution < -0.4 is 10.4 Å². The van der Waals surface area contributed by atoms with Crippen molar-refractivity contribution in [1.82, 2.24) is 4.31 Å². The van der Waals surface area contributed by atoms with Crippen molar-refractivity contribution < 1.29 is 22.7 Å². The van der Waals surface area contributed by atoms with Crippen molar-refractivity contribution in [2.45, 2.75) is 104 Å². The van der Waals surface area contributed by atoms with Gasteiger partial charge in [0.15, 0.2) is 0 Å². The predicted octanol–water partition coefficient (Wildman–Crippen LogP) is 5.65. The third-order valence-electron chi connectivity index (χ3n) is 11.4. The molecule has 0 aromatic heterocycles. The van der Waals surface area contributed by atoms with Crippen molar-refractivity contribution in [2.75, 3.05) is 5.75 Å². The van der Waals surface area contributed by atoms with Gasteiger partial charge in [0, 0.05) is 5.41 Å². The summed E-state index contributed by atoms with van der Waals surface area (Å²) in [6.45, 7) is 14.8. The first-order valence-corrected chi connectivity index (χ1v) is 19.8. The van der Waals surface area contributed by atoms with Gasteiger partial charge in [-0.05, 0) is 65.8 Å². The van der Waals surface area contributed by atoms with Gasteiger partial charge >= 0.3 is 0 Å². The molecule has 1 heterocycles. The third-order valence-corrected chi connectivity index (χ3v) is 18.5. The summed E-state index contributed by atoms with van der Waals surface area (Å²) in [7, 11) is -6.40. The second kappa shape index (κ2) is 11.8. The summed E-state index contributed by atoms with van der Waals surface area (Å²) in [6.07, 6.45) is 6.51. The molecule has 240 valence electrons. The van der Waals surface area contributed by atoms with Crippen LogP contribution in [0.1, 0.15) is 80.6 Å². The zero-order chi connectivity index (χ0) is 32.1. The molecule has 1 N–H and O–H groups in total. The molecule has 2 bridgehead atoms. The number of benzene rings is 2.